The quantitative estimate of drug-likeness (QED) is 0.511. The number of alkyl halides is 2. The van der Waals surface area contributed by atoms with Gasteiger partial charge in [0.2, 0.25) is 0 Å². The van der Waals surface area contributed by atoms with E-state index in [0.29, 0.717) is 17.2 Å². The third kappa shape index (κ3) is 4.65. The lowest BCUT2D eigenvalue weighted by Gasteiger charge is -2.30. The summed E-state index contributed by atoms with van der Waals surface area (Å²) in [6, 6.07) is 5.71. The molecule has 31 heavy (non-hydrogen) atoms. The molecule has 0 bridgehead atoms. The molecule has 1 unspecified atom stereocenters. The summed E-state index contributed by atoms with van der Waals surface area (Å²) in [7, 11) is -0.415. The fourth-order valence-corrected chi connectivity index (χ4v) is 4.04. The van der Waals surface area contributed by atoms with E-state index in [0.717, 1.165) is 36.9 Å². The Morgan fingerprint density at radius 1 is 1.19 bits per heavy atom. The maximum Gasteiger partial charge on any atom is 0.303 e. The van der Waals surface area contributed by atoms with Gasteiger partial charge in [0, 0.05) is 17.5 Å². The van der Waals surface area contributed by atoms with Crippen molar-refractivity contribution in [1.82, 2.24) is 15.0 Å². The Labute approximate surface area is 180 Å². The molecular formula is C22H26F3N4OP. The van der Waals surface area contributed by atoms with Gasteiger partial charge in [-0.1, -0.05) is 27.0 Å². The number of pyridine rings is 1. The van der Waals surface area contributed by atoms with Gasteiger partial charge in [-0.25, -0.2) is 14.4 Å². The number of nitrogens with zero attached hydrogens (tertiary/aromatic N) is 3. The maximum absolute atomic E-state index is 14.9. The number of aliphatic hydroxyl groups is 1. The molecule has 1 atom stereocenters. The first-order chi connectivity index (χ1) is 14.5. The summed E-state index contributed by atoms with van der Waals surface area (Å²) in [5.41, 5.74) is -1.58. The van der Waals surface area contributed by atoms with Crippen molar-refractivity contribution >= 4 is 30.1 Å². The molecule has 0 aliphatic heterocycles. The summed E-state index contributed by atoms with van der Waals surface area (Å²) in [4.78, 5) is 13.3. The van der Waals surface area contributed by atoms with Crippen LogP contribution < -0.4 is 10.8 Å². The number of aryl methyl sites for hydroxylation is 1. The molecule has 0 spiro atoms. The van der Waals surface area contributed by atoms with Crippen LogP contribution in [0.1, 0.15) is 37.7 Å². The van der Waals surface area contributed by atoms with E-state index in [1.807, 2.05) is 6.07 Å². The number of hydrogen-bond acceptors (Lipinski definition) is 5. The summed E-state index contributed by atoms with van der Waals surface area (Å²) >= 11 is 0. The largest absolute Gasteiger partial charge is 0.384 e. The topological polar surface area (TPSA) is 70.9 Å². The SMILES string of the molecule is CCP(C)c1cc2c(NCc3cccc(C(F)(F)C(C)(C)O)c3F)nc(C)nc2cn1. The average Bonchev–Trinajstić information content (AvgIpc) is 2.70. The van der Waals surface area contributed by atoms with Crippen LogP contribution in [0.15, 0.2) is 30.5 Å². The molecule has 0 fully saturated rings. The first kappa shape index (κ1) is 23.4. The molecule has 5 nitrogen and oxygen atoms in total. The van der Waals surface area contributed by atoms with E-state index in [1.165, 1.54) is 12.1 Å². The monoisotopic (exact) mass is 450 g/mol. The van der Waals surface area contributed by atoms with E-state index in [9.17, 15) is 18.3 Å². The molecule has 1 aromatic carbocycles. The number of aromatic nitrogens is 3. The van der Waals surface area contributed by atoms with Crippen molar-refractivity contribution in [2.24, 2.45) is 0 Å². The lowest BCUT2D eigenvalue weighted by molar-refractivity contribution is -0.170. The fourth-order valence-electron chi connectivity index (χ4n) is 3.11. The first-order valence-corrected chi connectivity index (χ1v) is 11.9. The highest BCUT2D eigenvalue weighted by Crippen LogP contribution is 2.40. The Morgan fingerprint density at radius 3 is 2.55 bits per heavy atom. The molecule has 2 heterocycles. The van der Waals surface area contributed by atoms with Crippen LogP contribution in [0.2, 0.25) is 0 Å². The Balaban J connectivity index is 1.97. The normalized spacial score (nSPS) is 13.5. The third-order valence-corrected chi connectivity index (χ3v) is 7.15. The number of hydrogen-bond donors (Lipinski definition) is 2. The van der Waals surface area contributed by atoms with Crippen LogP contribution in [0.25, 0.3) is 10.9 Å². The van der Waals surface area contributed by atoms with E-state index >= 15 is 0 Å². The van der Waals surface area contributed by atoms with Crippen LogP contribution in [0.5, 0.6) is 0 Å². The summed E-state index contributed by atoms with van der Waals surface area (Å²) in [5.74, 6) is -3.79. The summed E-state index contributed by atoms with van der Waals surface area (Å²) in [5, 5.41) is 13.6. The summed E-state index contributed by atoms with van der Waals surface area (Å²) in [6.07, 6.45) is 2.68. The van der Waals surface area contributed by atoms with E-state index in [2.05, 4.69) is 33.9 Å². The van der Waals surface area contributed by atoms with Crippen LogP contribution in [-0.4, -0.2) is 38.5 Å². The van der Waals surface area contributed by atoms with Gasteiger partial charge in [0.25, 0.3) is 0 Å². The average molecular weight is 450 g/mol. The standard InChI is InChI=1S/C22H26F3N4OP/c1-6-31(5)18-10-15-17(12-26-18)28-13(2)29-20(15)27-11-14-8-7-9-16(19(14)23)22(24,25)21(3,4)30/h7-10,12,30H,6,11H2,1-5H3,(H,27,28,29). The van der Waals surface area contributed by atoms with Crippen molar-refractivity contribution in [1.29, 1.82) is 0 Å². The molecule has 2 aromatic heterocycles. The Kier molecular flexibility index (Phi) is 6.53. The minimum Gasteiger partial charge on any atom is -0.384 e. The van der Waals surface area contributed by atoms with E-state index in [1.54, 1.807) is 13.1 Å². The molecule has 166 valence electrons. The van der Waals surface area contributed by atoms with E-state index in [-0.39, 0.29) is 12.1 Å². The molecule has 3 aromatic rings. The van der Waals surface area contributed by atoms with Crippen molar-refractivity contribution in [2.75, 3.05) is 18.1 Å². The second-order valence-corrected chi connectivity index (χ2v) is 10.4. The van der Waals surface area contributed by atoms with E-state index < -0.39 is 30.8 Å². The predicted molar refractivity (Wildman–Crippen MR) is 119 cm³/mol. The second-order valence-electron chi connectivity index (χ2n) is 7.96. The van der Waals surface area contributed by atoms with Gasteiger partial charge in [0.15, 0.2) is 0 Å². The van der Waals surface area contributed by atoms with Crippen LogP contribution >= 0.6 is 7.92 Å². The minimum atomic E-state index is -3.75. The van der Waals surface area contributed by atoms with Crippen molar-refractivity contribution < 1.29 is 18.3 Å². The molecule has 0 aliphatic rings. The zero-order valence-corrected chi connectivity index (χ0v) is 19.1. The van der Waals surface area contributed by atoms with Gasteiger partial charge in [-0.15, -0.1) is 0 Å². The lowest BCUT2D eigenvalue weighted by atomic mass is 9.92. The molecule has 0 radical (unpaired) electrons. The van der Waals surface area contributed by atoms with Gasteiger partial charge in [-0.2, -0.15) is 8.78 Å². The zero-order valence-electron chi connectivity index (χ0n) is 18.2. The smallest absolute Gasteiger partial charge is 0.303 e. The lowest BCUT2D eigenvalue weighted by Crippen LogP contribution is -2.41. The molecular weight excluding hydrogens is 424 g/mol. The number of rotatable bonds is 7. The van der Waals surface area contributed by atoms with Crippen molar-refractivity contribution in [2.45, 2.75) is 45.8 Å². The van der Waals surface area contributed by atoms with Crippen molar-refractivity contribution in [3.05, 3.63) is 53.2 Å². The van der Waals surface area contributed by atoms with Gasteiger partial charge in [-0.3, -0.25) is 4.98 Å². The van der Waals surface area contributed by atoms with Crippen LogP contribution in [0.3, 0.4) is 0 Å². The first-order valence-electron chi connectivity index (χ1n) is 9.93. The Bertz CT molecular complexity index is 1100. The van der Waals surface area contributed by atoms with E-state index in [4.69, 9.17) is 0 Å². The predicted octanol–water partition coefficient (Wildman–Crippen LogP) is 4.70. The third-order valence-electron chi connectivity index (χ3n) is 5.18. The molecule has 9 heteroatoms. The highest BCUT2D eigenvalue weighted by atomic mass is 31.1. The van der Waals surface area contributed by atoms with Gasteiger partial charge >= 0.3 is 5.92 Å². The number of fused-ring (bicyclic) bond motifs is 1. The van der Waals surface area contributed by atoms with Crippen LogP contribution in [0, 0.1) is 12.7 Å². The molecule has 0 amide bonds. The maximum atomic E-state index is 14.9. The van der Waals surface area contributed by atoms with Crippen molar-refractivity contribution in [3.8, 4) is 0 Å². The van der Waals surface area contributed by atoms with Crippen LogP contribution in [0.4, 0.5) is 19.0 Å². The molecule has 0 aliphatic carbocycles. The summed E-state index contributed by atoms with van der Waals surface area (Å²) < 4.78 is 44.0. The zero-order chi connectivity index (χ0) is 23.0. The summed E-state index contributed by atoms with van der Waals surface area (Å²) in [6.45, 7) is 7.83. The number of halogens is 3. The Hall–Kier alpha value is -2.31. The fraction of sp³-hybridized carbons (Fsp3) is 0.409. The number of nitrogens with one attached hydrogen (secondary N) is 1. The molecule has 0 saturated heterocycles. The van der Waals surface area contributed by atoms with Gasteiger partial charge in [-0.05, 0) is 45.7 Å². The van der Waals surface area contributed by atoms with Crippen molar-refractivity contribution in [3.63, 3.8) is 0 Å². The number of anilines is 1. The van der Waals surface area contributed by atoms with Crippen LogP contribution in [-0.2, 0) is 12.5 Å². The van der Waals surface area contributed by atoms with Gasteiger partial charge in [0.05, 0.1) is 22.7 Å². The number of benzene rings is 1. The molecule has 2 N–H and O–H groups in total. The molecule has 0 saturated carbocycles. The highest BCUT2D eigenvalue weighted by Gasteiger charge is 2.48. The second kappa shape index (κ2) is 8.67. The van der Waals surface area contributed by atoms with Gasteiger partial charge in [0.1, 0.15) is 23.1 Å². The Morgan fingerprint density at radius 2 is 1.90 bits per heavy atom. The minimum absolute atomic E-state index is 0.0476. The van der Waals surface area contributed by atoms with Gasteiger partial charge < -0.3 is 10.4 Å². The molecule has 3 rings (SSSR count). The highest BCUT2D eigenvalue weighted by molar-refractivity contribution is 7.64.